The number of hydrogen-bond acceptors (Lipinski definition) is 3. The number of hydrogen-bond donors (Lipinski definition) is 0. The van der Waals surface area contributed by atoms with Crippen molar-refractivity contribution < 1.29 is 27.6 Å². The van der Waals surface area contributed by atoms with Crippen molar-refractivity contribution in [2.75, 3.05) is 0 Å². The van der Waals surface area contributed by atoms with Crippen LogP contribution in [0.1, 0.15) is 12.8 Å². The number of ketones is 3. The molecule has 1 aliphatic carbocycles. The van der Waals surface area contributed by atoms with Crippen LogP contribution in [0.25, 0.3) is 0 Å². The number of carbonyl (C=O) groups is 3. The van der Waals surface area contributed by atoms with E-state index < -0.39 is 42.3 Å². The van der Waals surface area contributed by atoms with Gasteiger partial charge in [0.2, 0.25) is 11.6 Å². The Hall–Kier alpha value is -1.20. The Kier molecular flexibility index (Phi) is 2.23. The van der Waals surface area contributed by atoms with Gasteiger partial charge in [-0.15, -0.1) is 0 Å². The molecule has 3 nitrogen and oxygen atoms in total. The highest BCUT2D eigenvalue weighted by atomic mass is 19.4. The highest BCUT2D eigenvalue weighted by Gasteiger charge is 2.47. The Morgan fingerprint density at radius 3 is 1.69 bits per heavy atom. The minimum Gasteiger partial charge on any atom is -0.290 e. The Bertz CT molecular complexity index is 259. The summed E-state index contributed by atoms with van der Waals surface area (Å²) >= 11 is 0. The molecule has 1 fully saturated rings. The van der Waals surface area contributed by atoms with Crippen LogP contribution in [0.15, 0.2) is 0 Å². The van der Waals surface area contributed by atoms with Gasteiger partial charge in [-0.3, -0.25) is 14.4 Å². The largest absolute Gasteiger partial charge is 0.392 e. The third-order valence-electron chi connectivity index (χ3n) is 1.83. The van der Waals surface area contributed by atoms with E-state index in [2.05, 4.69) is 0 Å². The highest BCUT2D eigenvalue weighted by molar-refractivity contribution is 6.64. The molecule has 0 amide bonds. The van der Waals surface area contributed by atoms with E-state index >= 15 is 0 Å². The van der Waals surface area contributed by atoms with E-state index in [0.29, 0.717) is 0 Å². The lowest BCUT2D eigenvalue weighted by atomic mass is 9.86. The molecule has 0 aliphatic heterocycles. The summed E-state index contributed by atoms with van der Waals surface area (Å²) in [6.07, 6.45) is -6.37. The molecule has 0 heterocycles. The molecule has 0 bridgehead atoms. The summed E-state index contributed by atoms with van der Waals surface area (Å²) in [5.41, 5.74) is 0. The maximum Gasteiger partial charge on any atom is 0.392 e. The molecular formula is C7H5F3O3. The number of rotatable bonds is 0. The van der Waals surface area contributed by atoms with Gasteiger partial charge in [-0.2, -0.15) is 13.2 Å². The van der Waals surface area contributed by atoms with Gasteiger partial charge in [-0.05, 0) is 0 Å². The molecule has 1 rings (SSSR count). The quantitative estimate of drug-likeness (QED) is 0.532. The molecule has 0 unspecified atom stereocenters. The molecule has 0 atom stereocenters. The summed E-state index contributed by atoms with van der Waals surface area (Å²) in [5.74, 6) is -5.76. The molecule has 1 saturated carbocycles. The summed E-state index contributed by atoms with van der Waals surface area (Å²) in [7, 11) is 0. The zero-order valence-corrected chi connectivity index (χ0v) is 6.35. The minimum absolute atomic E-state index is 0.895. The van der Waals surface area contributed by atoms with Crippen molar-refractivity contribution in [1.82, 2.24) is 0 Å². The number of alkyl halides is 3. The summed E-state index contributed by atoms with van der Waals surface area (Å²) in [6.45, 7) is 0. The number of Topliss-reactive ketones (excluding diaryl/α,β-unsaturated/α-hetero) is 3. The van der Waals surface area contributed by atoms with Crippen molar-refractivity contribution in [2.24, 2.45) is 5.92 Å². The van der Waals surface area contributed by atoms with Crippen molar-refractivity contribution in [2.45, 2.75) is 19.0 Å². The van der Waals surface area contributed by atoms with Crippen LogP contribution >= 0.6 is 0 Å². The van der Waals surface area contributed by atoms with E-state index in [1.165, 1.54) is 0 Å². The normalized spacial score (nSPS) is 21.0. The third kappa shape index (κ3) is 1.93. The smallest absolute Gasteiger partial charge is 0.290 e. The van der Waals surface area contributed by atoms with Gasteiger partial charge >= 0.3 is 6.18 Å². The first-order valence-corrected chi connectivity index (χ1v) is 3.49. The molecule has 13 heavy (non-hydrogen) atoms. The van der Waals surface area contributed by atoms with Crippen molar-refractivity contribution in [3.63, 3.8) is 0 Å². The molecule has 0 aromatic rings. The number of halogens is 3. The molecule has 0 aromatic heterocycles. The second-order valence-electron chi connectivity index (χ2n) is 2.82. The lowest BCUT2D eigenvalue weighted by Crippen LogP contribution is -2.39. The summed E-state index contributed by atoms with van der Waals surface area (Å²) in [4.78, 5) is 31.7. The predicted molar refractivity (Wildman–Crippen MR) is 33.8 cm³/mol. The number of carbonyl (C=O) groups excluding carboxylic acids is 3. The van der Waals surface area contributed by atoms with Gasteiger partial charge in [-0.1, -0.05) is 0 Å². The van der Waals surface area contributed by atoms with Gasteiger partial charge in [0.1, 0.15) is 0 Å². The van der Waals surface area contributed by atoms with Crippen LogP contribution in [-0.2, 0) is 14.4 Å². The Balaban J connectivity index is 2.81. The zero-order valence-electron chi connectivity index (χ0n) is 6.35. The molecule has 72 valence electrons. The van der Waals surface area contributed by atoms with Crippen LogP contribution in [0.4, 0.5) is 13.2 Å². The molecule has 0 spiro atoms. The molecule has 6 heteroatoms. The standard InChI is InChI=1S/C7H5F3O3/c8-7(9,10)3-1-4(11)6(13)5(12)2-3/h3H,1-2H2. The second-order valence-corrected chi connectivity index (χ2v) is 2.82. The predicted octanol–water partition coefficient (Wildman–Crippen LogP) is 0.666. The minimum atomic E-state index is -4.58. The monoisotopic (exact) mass is 194 g/mol. The van der Waals surface area contributed by atoms with Crippen molar-refractivity contribution in [3.8, 4) is 0 Å². The topological polar surface area (TPSA) is 51.2 Å². The first-order valence-electron chi connectivity index (χ1n) is 3.49. The Morgan fingerprint density at radius 2 is 1.38 bits per heavy atom. The van der Waals surface area contributed by atoms with Crippen molar-refractivity contribution in [1.29, 1.82) is 0 Å². The van der Waals surface area contributed by atoms with Crippen LogP contribution in [0.3, 0.4) is 0 Å². The van der Waals surface area contributed by atoms with E-state index in [0.717, 1.165) is 0 Å². The van der Waals surface area contributed by atoms with Gasteiger partial charge in [0.05, 0.1) is 5.92 Å². The van der Waals surface area contributed by atoms with Crippen LogP contribution < -0.4 is 0 Å². The van der Waals surface area contributed by atoms with Crippen LogP contribution in [-0.4, -0.2) is 23.5 Å². The van der Waals surface area contributed by atoms with Gasteiger partial charge in [0.25, 0.3) is 5.78 Å². The van der Waals surface area contributed by atoms with Gasteiger partial charge in [0, 0.05) is 12.8 Å². The maximum atomic E-state index is 12.0. The highest BCUT2D eigenvalue weighted by Crippen LogP contribution is 2.34. The van der Waals surface area contributed by atoms with Crippen LogP contribution in [0.2, 0.25) is 0 Å². The Labute approximate surface area is 70.9 Å². The average Bonchev–Trinajstić information content (AvgIpc) is 1.97. The lowest BCUT2D eigenvalue weighted by Gasteiger charge is -2.21. The lowest BCUT2D eigenvalue weighted by molar-refractivity contribution is -0.185. The van der Waals surface area contributed by atoms with E-state index in [4.69, 9.17) is 0 Å². The fourth-order valence-electron chi connectivity index (χ4n) is 1.09. The third-order valence-corrected chi connectivity index (χ3v) is 1.83. The van der Waals surface area contributed by atoms with Gasteiger partial charge in [-0.25, -0.2) is 0 Å². The summed E-state index contributed by atoms with van der Waals surface area (Å²) < 4.78 is 36.0. The first kappa shape index (κ1) is 9.88. The fraction of sp³-hybridized carbons (Fsp3) is 0.571. The maximum absolute atomic E-state index is 12.0. The summed E-state index contributed by atoms with van der Waals surface area (Å²) in [6, 6.07) is 0. The summed E-state index contributed by atoms with van der Waals surface area (Å²) in [5, 5.41) is 0. The van der Waals surface area contributed by atoms with Gasteiger partial charge < -0.3 is 0 Å². The van der Waals surface area contributed by atoms with Gasteiger partial charge in [0.15, 0.2) is 0 Å². The van der Waals surface area contributed by atoms with E-state index in [1.54, 1.807) is 0 Å². The van der Waals surface area contributed by atoms with E-state index in [1.807, 2.05) is 0 Å². The Morgan fingerprint density at radius 1 is 1.00 bits per heavy atom. The van der Waals surface area contributed by atoms with Crippen LogP contribution in [0.5, 0.6) is 0 Å². The average molecular weight is 194 g/mol. The second kappa shape index (κ2) is 2.93. The zero-order chi connectivity index (χ0) is 10.2. The molecule has 0 N–H and O–H groups in total. The molecule has 0 saturated heterocycles. The SMILES string of the molecule is O=C1CC(C(F)(F)F)CC(=O)C1=O. The van der Waals surface area contributed by atoms with Crippen LogP contribution in [0, 0.1) is 5.92 Å². The fourth-order valence-corrected chi connectivity index (χ4v) is 1.09. The molecule has 0 radical (unpaired) electrons. The molecule has 0 aromatic carbocycles. The molecular weight excluding hydrogens is 189 g/mol. The van der Waals surface area contributed by atoms with Crippen molar-refractivity contribution >= 4 is 17.3 Å². The first-order chi connectivity index (χ1) is 5.82. The molecule has 1 aliphatic rings. The van der Waals surface area contributed by atoms with E-state index in [-0.39, 0.29) is 0 Å². The van der Waals surface area contributed by atoms with Crippen molar-refractivity contribution in [3.05, 3.63) is 0 Å². The van der Waals surface area contributed by atoms with E-state index in [9.17, 15) is 27.6 Å².